The molecule has 138 valence electrons. The third-order valence-corrected chi connectivity index (χ3v) is 5.68. The van der Waals surface area contributed by atoms with Gasteiger partial charge in [-0.15, -0.1) is 0 Å². The topological polar surface area (TPSA) is 44.8 Å². The van der Waals surface area contributed by atoms with E-state index in [1.165, 1.54) is 12.8 Å². The number of nitrogens with zero attached hydrogens (tertiary/aromatic N) is 2. The Morgan fingerprint density at radius 3 is 2.12 bits per heavy atom. The number of carbonyl (C=O) groups excluding carboxylic acids is 1. The molecule has 2 saturated heterocycles. The number of nitrogens with one attached hydrogen (secondary N) is 1. The first-order valence-corrected chi connectivity index (χ1v) is 9.88. The van der Waals surface area contributed by atoms with E-state index in [2.05, 4.69) is 42.8 Å². The highest BCUT2D eigenvalue weighted by Crippen LogP contribution is 2.29. The van der Waals surface area contributed by atoms with E-state index >= 15 is 0 Å². The van der Waals surface area contributed by atoms with Crippen molar-refractivity contribution in [3.8, 4) is 0 Å². The van der Waals surface area contributed by atoms with Crippen LogP contribution in [-0.2, 0) is 9.53 Å². The van der Waals surface area contributed by atoms with Crippen molar-refractivity contribution in [3.05, 3.63) is 0 Å². The first-order chi connectivity index (χ1) is 11.4. The fraction of sp³-hybridized carbons (Fsp3) is 0.947. The molecule has 5 nitrogen and oxygen atoms in total. The standard InChI is InChI=1S/C19H35N3O2/c1-13(2)18(22-11-14(3)24-15(4)12-22)19(23)20-16-7-9-21(10-8-16)17-5-6-17/h13-18H,5-12H2,1-4H3,(H,20,23). The van der Waals surface area contributed by atoms with Crippen LogP contribution in [0.15, 0.2) is 0 Å². The molecular formula is C19H35N3O2. The highest BCUT2D eigenvalue weighted by Gasteiger charge is 2.36. The Bertz CT molecular complexity index is 420. The molecule has 3 unspecified atom stereocenters. The summed E-state index contributed by atoms with van der Waals surface area (Å²) in [6.45, 7) is 12.5. The van der Waals surface area contributed by atoms with Crippen LogP contribution in [0.4, 0.5) is 0 Å². The van der Waals surface area contributed by atoms with Crippen LogP contribution in [-0.4, -0.2) is 72.2 Å². The summed E-state index contributed by atoms with van der Waals surface area (Å²) < 4.78 is 5.84. The van der Waals surface area contributed by atoms with Gasteiger partial charge in [-0.2, -0.15) is 0 Å². The first-order valence-electron chi connectivity index (χ1n) is 9.88. The number of hydrogen-bond acceptors (Lipinski definition) is 4. The highest BCUT2D eigenvalue weighted by molar-refractivity contribution is 5.82. The number of rotatable bonds is 5. The van der Waals surface area contributed by atoms with E-state index < -0.39 is 0 Å². The summed E-state index contributed by atoms with van der Waals surface area (Å²) in [5.41, 5.74) is 0. The van der Waals surface area contributed by atoms with Gasteiger partial charge in [0.15, 0.2) is 0 Å². The van der Waals surface area contributed by atoms with E-state index in [0.717, 1.165) is 45.1 Å². The molecule has 5 heteroatoms. The summed E-state index contributed by atoms with van der Waals surface area (Å²) in [6.07, 6.45) is 5.35. The zero-order chi connectivity index (χ0) is 17.3. The van der Waals surface area contributed by atoms with Crippen LogP contribution >= 0.6 is 0 Å². The Hall–Kier alpha value is -0.650. The summed E-state index contributed by atoms with van der Waals surface area (Å²) in [6, 6.07) is 1.16. The number of carbonyl (C=O) groups is 1. The van der Waals surface area contributed by atoms with Gasteiger partial charge in [0.25, 0.3) is 0 Å². The molecule has 2 heterocycles. The molecule has 0 radical (unpaired) electrons. The number of morpholine rings is 1. The molecule has 0 aromatic heterocycles. The van der Waals surface area contributed by atoms with Crippen LogP contribution in [0.3, 0.4) is 0 Å². The third kappa shape index (κ3) is 4.50. The molecule has 0 aromatic rings. The zero-order valence-electron chi connectivity index (χ0n) is 15.8. The first kappa shape index (κ1) is 18.2. The molecule has 0 bridgehead atoms. The van der Waals surface area contributed by atoms with Crippen molar-refractivity contribution in [1.82, 2.24) is 15.1 Å². The molecule has 3 atom stereocenters. The Labute approximate surface area is 147 Å². The Morgan fingerprint density at radius 1 is 1.04 bits per heavy atom. The second kappa shape index (κ2) is 7.71. The van der Waals surface area contributed by atoms with Crippen LogP contribution in [0.5, 0.6) is 0 Å². The van der Waals surface area contributed by atoms with Crippen molar-refractivity contribution in [2.24, 2.45) is 5.92 Å². The van der Waals surface area contributed by atoms with Crippen LogP contribution < -0.4 is 5.32 Å². The van der Waals surface area contributed by atoms with Gasteiger partial charge in [0, 0.05) is 38.3 Å². The summed E-state index contributed by atoms with van der Waals surface area (Å²) in [7, 11) is 0. The van der Waals surface area contributed by atoms with E-state index in [1.807, 2.05) is 0 Å². The second-order valence-corrected chi connectivity index (χ2v) is 8.45. The molecule has 24 heavy (non-hydrogen) atoms. The summed E-state index contributed by atoms with van der Waals surface area (Å²) >= 11 is 0. The Balaban J connectivity index is 1.54. The molecule has 1 N–H and O–H groups in total. The lowest BCUT2D eigenvalue weighted by Gasteiger charge is -2.42. The predicted octanol–water partition coefficient (Wildman–Crippen LogP) is 1.86. The monoisotopic (exact) mass is 337 g/mol. The lowest BCUT2D eigenvalue weighted by atomic mass is 9.98. The molecule has 1 saturated carbocycles. The molecule has 0 spiro atoms. The molecular weight excluding hydrogens is 302 g/mol. The van der Waals surface area contributed by atoms with Crippen molar-refractivity contribution in [2.45, 2.75) is 83.7 Å². The van der Waals surface area contributed by atoms with E-state index in [1.54, 1.807) is 0 Å². The summed E-state index contributed by atoms with van der Waals surface area (Å²) in [5.74, 6) is 0.533. The zero-order valence-corrected chi connectivity index (χ0v) is 15.8. The van der Waals surface area contributed by atoms with E-state index in [4.69, 9.17) is 4.74 Å². The summed E-state index contributed by atoms with van der Waals surface area (Å²) in [4.78, 5) is 17.9. The molecule has 1 amide bonds. The maximum Gasteiger partial charge on any atom is 0.237 e. The van der Waals surface area contributed by atoms with Crippen molar-refractivity contribution in [2.75, 3.05) is 26.2 Å². The lowest BCUT2D eigenvalue weighted by Crippen LogP contribution is -2.58. The van der Waals surface area contributed by atoms with E-state index in [9.17, 15) is 4.79 Å². The van der Waals surface area contributed by atoms with Crippen LogP contribution in [0, 0.1) is 5.92 Å². The Morgan fingerprint density at radius 2 is 1.62 bits per heavy atom. The number of ether oxygens (including phenoxy) is 1. The summed E-state index contributed by atoms with van der Waals surface area (Å²) in [5, 5.41) is 3.36. The molecule has 3 fully saturated rings. The molecule has 0 aromatic carbocycles. The molecule has 1 aliphatic carbocycles. The second-order valence-electron chi connectivity index (χ2n) is 8.45. The quantitative estimate of drug-likeness (QED) is 0.832. The van der Waals surface area contributed by atoms with Gasteiger partial charge in [0.1, 0.15) is 0 Å². The van der Waals surface area contributed by atoms with Crippen molar-refractivity contribution >= 4 is 5.91 Å². The van der Waals surface area contributed by atoms with Crippen LogP contribution in [0.2, 0.25) is 0 Å². The largest absolute Gasteiger partial charge is 0.373 e. The smallest absolute Gasteiger partial charge is 0.237 e. The van der Waals surface area contributed by atoms with Crippen LogP contribution in [0.1, 0.15) is 53.4 Å². The van der Waals surface area contributed by atoms with Gasteiger partial charge in [0.2, 0.25) is 5.91 Å². The maximum atomic E-state index is 13.0. The fourth-order valence-electron chi connectivity index (χ4n) is 4.47. The molecule has 2 aliphatic heterocycles. The minimum absolute atomic E-state index is 0.0414. The van der Waals surface area contributed by atoms with E-state index in [-0.39, 0.29) is 24.2 Å². The van der Waals surface area contributed by atoms with Gasteiger partial charge in [-0.3, -0.25) is 9.69 Å². The average Bonchev–Trinajstić information content (AvgIpc) is 3.31. The number of likely N-dealkylation sites (tertiary alicyclic amines) is 1. The Kier molecular flexibility index (Phi) is 5.83. The molecule has 3 aliphatic rings. The van der Waals surface area contributed by atoms with E-state index in [0.29, 0.717) is 12.0 Å². The third-order valence-electron chi connectivity index (χ3n) is 5.68. The SMILES string of the molecule is CC1CN(C(C(=O)NC2CCN(C3CC3)CC2)C(C)C)CC(C)O1. The van der Waals surface area contributed by atoms with Gasteiger partial charge < -0.3 is 15.0 Å². The van der Waals surface area contributed by atoms with Crippen molar-refractivity contribution in [1.29, 1.82) is 0 Å². The normalized spacial score (nSPS) is 32.0. The average molecular weight is 338 g/mol. The van der Waals surface area contributed by atoms with Gasteiger partial charge in [-0.05, 0) is 45.4 Å². The number of hydrogen-bond donors (Lipinski definition) is 1. The lowest BCUT2D eigenvalue weighted by molar-refractivity contribution is -0.136. The van der Waals surface area contributed by atoms with Crippen LogP contribution in [0.25, 0.3) is 0 Å². The minimum Gasteiger partial charge on any atom is -0.373 e. The maximum absolute atomic E-state index is 13.0. The fourth-order valence-corrected chi connectivity index (χ4v) is 4.47. The molecule has 3 rings (SSSR count). The van der Waals surface area contributed by atoms with Gasteiger partial charge >= 0.3 is 0 Å². The number of piperidine rings is 1. The predicted molar refractivity (Wildman–Crippen MR) is 96.0 cm³/mol. The number of amides is 1. The van der Waals surface area contributed by atoms with Crippen molar-refractivity contribution in [3.63, 3.8) is 0 Å². The van der Waals surface area contributed by atoms with Gasteiger partial charge in [0.05, 0.1) is 18.2 Å². The highest BCUT2D eigenvalue weighted by atomic mass is 16.5. The van der Waals surface area contributed by atoms with Gasteiger partial charge in [-0.1, -0.05) is 13.8 Å². The van der Waals surface area contributed by atoms with Crippen molar-refractivity contribution < 1.29 is 9.53 Å². The minimum atomic E-state index is -0.0414. The van der Waals surface area contributed by atoms with Gasteiger partial charge in [-0.25, -0.2) is 0 Å².